The summed E-state index contributed by atoms with van der Waals surface area (Å²) in [6.45, 7) is 9.83. The molecule has 0 aliphatic rings. The molecule has 44 heavy (non-hydrogen) atoms. The summed E-state index contributed by atoms with van der Waals surface area (Å²) in [7, 11) is -4.48. The molecule has 0 aromatic heterocycles. The van der Waals surface area contributed by atoms with Gasteiger partial charge >= 0.3 is 25.7 Å². The van der Waals surface area contributed by atoms with E-state index in [1.807, 2.05) is 0 Å². The minimum absolute atomic E-state index is 0.0146. The van der Waals surface area contributed by atoms with Crippen LogP contribution in [-0.2, 0) is 37.5 Å². The predicted octanol–water partition coefficient (Wildman–Crippen LogP) is 9.58. The first-order chi connectivity index (χ1) is 20.2. The van der Waals surface area contributed by atoms with E-state index in [1.165, 1.54) is 24.3 Å². The molecule has 0 unspecified atom stereocenters. The largest absolute Gasteiger partial charge is 0.535 e. The highest BCUT2D eigenvalue weighted by Gasteiger charge is 2.33. The van der Waals surface area contributed by atoms with E-state index in [0.29, 0.717) is 11.1 Å². The van der Waals surface area contributed by atoms with Crippen molar-refractivity contribution in [2.45, 2.75) is 48.5 Å². The summed E-state index contributed by atoms with van der Waals surface area (Å²) in [5.41, 5.74) is -0.719. The molecule has 0 saturated heterocycles. The predicted molar refractivity (Wildman–Crippen MR) is 168 cm³/mol. The number of carbonyl (C=O) groups excluding carboxylic acids is 3. The van der Waals surface area contributed by atoms with Crippen molar-refractivity contribution in [2.24, 2.45) is 10.8 Å². The molecule has 0 aliphatic carbocycles. The van der Waals surface area contributed by atoms with Crippen LogP contribution in [0.1, 0.15) is 54.0 Å². The summed E-state index contributed by atoms with van der Waals surface area (Å²) in [6.07, 6.45) is 1.16. The van der Waals surface area contributed by atoms with Crippen LogP contribution in [0.15, 0.2) is 30.3 Å². The Bertz CT molecular complexity index is 1410. The number of carbonyl (C=O) groups is 3. The minimum atomic E-state index is -4.48. The van der Waals surface area contributed by atoms with E-state index in [9.17, 15) is 18.9 Å². The second-order valence-corrected chi connectivity index (χ2v) is 14.6. The van der Waals surface area contributed by atoms with Crippen molar-refractivity contribution in [1.29, 1.82) is 0 Å². The van der Waals surface area contributed by atoms with Gasteiger partial charge in [0.2, 0.25) is 13.6 Å². The quantitative estimate of drug-likeness (QED) is 0.0419. The van der Waals surface area contributed by atoms with E-state index in [4.69, 9.17) is 85.8 Å². The van der Waals surface area contributed by atoms with Gasteiger partial charge in [0.05, 0.1) is 25.9 Å². The molecule has 0 amide bonds. The van der Waals surface area contributed by atoms with Gasteiger partial charge in [-0.25, -0.2) is 18.4 Å². The second kappa shape index (κ2) is 15.5. The number of hydrogen-bond acceptors (Lipinski definition) is 10. The Balaban J connectivity index is 2.18. The van der Waals surface area contributed by atoms with Crippen LogP contribution in [0.4, 0.5) is 0 Å². The second-order valence-electron chi connectivity index (χ2n) is 11.1. The average Bonchev–Trinajstić information content (AvgIpc) is 2.92. The van der Waals surface area contributed by atoms with E-state index in [1.54, 1.807) is 48.5 Å². The number of allylic oxidation sites excluding steroid dienone is 1. The van der Waals surface area contributed by atoms with E-state index >= 15 is 0 Å². The van der Waals surface area contributed by atoms with E-state index < -0.39 is 50.1 Å². The molecule has 0 aliphatic heterocycles. The Hall–Kier alpha value is -2.01. The first kappa shape index (κ1) is 38.2. The number of esters is 3. The first-order valence-corrected chi connectivity index (χ1v) is 16.0. The highest BCUT2D eigenvalue weighted by atomic mass is 35.5. The fourth-order valence-corrected chi connectivity index (χ4v) is 4.91. The van der Waals surface area contributed by atoms with Gasteiger partial charge in [0.1, 0.15) is 15.8 Å². The Morgan fingerprint density at radius 3 is 1.55 bits per heavy atom. The maximum atomic E-state index is 13.3. The summed E-state index contributed by atoms with van der Waals surface area (Å²) >= 11 is 30.2. The number of phosphoric acid groups is 1. The Morgan fingerprint density at radius 1 is 0.727 bits per heavy atom. The lowest BCUT2D eigenvalue weighted by Crippen LogP contribution is -2.25. The maximum Gasteiger partial charge on any atom is 0.535 e. The van der Waals surface area contributed by atoms with Crippen LogP contribution >= 0.6 is 65.8 Å². The van der Waals surface area contributed by atoms with Crippen LogP contribution in [0, 0.1) is 10.8 Å². The maximum absolute atomic E-state index is 13.3. The van der Waals surface area contributed by atoms with E-state index in [-0.39, 0.29) is 36.6 Å². The van der Waals surface area contributed by atoms with Crippen LogP contribution in [0.5, 0.6) is 11.5 Å². The van der Waals surface area contributed by atoms with E-state index in [2.05, 4.69) is 0 Å². The SMILES string of the molecule is C/C(=C\C(=O)Oc1c(Cl)c(Cl)c(Cl)c(Cl)c1Cl)c1ccc(OP(=O)(OCOC(=O)C(C)(C)C)OCOC(=O)C(C)(C)C)cc1. The average molecular weight is 735 g/mol. The molecule has 0 saturated carbocycles. The van der Waals surface area contributed by atoms with Crippen LogP contribution < -0.4 is 9.26 Å². The summed E-state index contributed by atoms with van der Waals surface area (Å²) in [4.78, 5) is 36.7. The molecule has 0 fully saturated rings. The summed E-state index contributed by atoms with van der Waals surface area (Å²) in [5.74, 6) is -2.34. The van der Waals surface area contributed by atoms with Gasteiger partial charge in [-0.15, -0.1) is 0 Å². The highest BCUT2D eigenvalue weighted by Crippen LogP contribution is 2.50. The zero-order valence-corrected chi connectivity index (χ0v) is 29.4. The smallest absolute Gasteiger partial charge is 0.437 e. The van der Waals surface area contributed by atoms with Gasteiger partial charge in [0.15, 0.2) is 5.75 Å². The molecule has 242 valence electrons. The lowest BCUT2D eigenvalue weighted by molar-refractivity contribution is -0.162. The van der Waals surface area contributed by atoms with Gasteiger partial charge in [-0.05, 0) is 71.7 Å². The third-order valence-electron chi connectivity index (χ3n) is 5.26. The summed E-state index contributed by atoms with van der Waals surface area (Å²) < 4.78 is 44.3. The Kier molecular flexibility index (Phi) is 13.5. The fraction of sp³-hybridized carbons (Fsp3) is 0.393. The first-order valence-electron chi connectivity index (χ1n) is 12.6. The Morgan fingerprint density at radius 2 is 1.14 bits per heavy atom. The van der Waals surface area contributed by atoms with Crippen LogP contribution in [0.25, 0.3) is 5.57 Å². The number of phosphoric ester groups is 1. The number of hydrogen-bond donors (Lipinski definition) is 0. The van der Waals surface area contributed by atoms with Crippen molar-refractivity contribution >= 4 is 89.3 Å². The lowest BCUT2D eigenvalue weighted by Gasteiger charge is -2.21. The van der Waals surface area contributed by atoms with Gasteiger partial charge in [0, 0.05) is 6.08 Å². The standard InChI is InChI=1S/C28H30Cl5O10P/c1-15(12-18(34)42-24-22(32)20(30)19(29)21(31)23(24)33)16-8-10-17(11-9-16)43-44(37,40-13-38-25(35)27(2,3)4)41-14-39-26(36)28(5,6)7/h8-12H,13-14H2,1-7H3/b15-12+. The van der Waals surface area contributed by atoms with Crippen LogP contribution in [0.3, 0.4) is 0 Å². The Labute approximate surface area is 280 Å². The number of halogens is 5. The molecule has 16 heteroatoms. The molecular weight excluding hydrogens is 705 g/mol. The molecule has 0 atom stereocenters. The van der Waals surface area contributed by atoms with Gasteiger partial charge in [-0.1, -0.05) is 70.1 Å². The highest BCUT2D eigenvalue weighted by molar-refractivity contribution is 7.48. The number of benzene rings is 2. The molecule has 0 spiro atoms. The molecule has 2 rings (SSSR count). The molecule has 2 aromatic rings. The zero-order chi connectivity index (χ0) is 33.6. The van der Waals surface area contributed by atoms with Crippen molar-refractivity contribution in [3.8, 4) is 11.5 Å². The molecule has 2 aromatic carbocycles. The molecular formula is C28H30Cl5O10P. The van der Waals surface area contributed by atoms with Crippen molar-refractivity contribution in [1.82, 2.24) is 0 Å². The fourth-order valence-electron chi connectivity index (χ4n) is 2.78. The molecule has 10 nitrogen and oxygen atoms in total. The molecule has 0 heterocycles. The monoisotopic (exact) mass is 732 g/mol. The minimum Gasteiger partial charge on any atom is -0.437 e. The zero-order valence-electron chi connectivity index (χ0n) is 24.7. The molecule has 0 N–H and O–H groups in total. The van der Waals surface area contributed by atoms with Gasteiger partial charge < -0.3 is 18.7 Å². The third kappa shape index (κ3) is 10.8. The topological polar surface area (TPSA) is 124 Å². The summed E-state index contributed by atoms with van der Waals surface area (Å²) in [5, 5.41) is -0.739. The number of rotatable bonds is 11. The van der Waals surface area contributed by atoms with Crippen LogP contribution in [-0.4, -0.2) is 31.5 Å². The van der Waals surface area contributed by atoms with Gasteiger partial charge in [0.25, 0.3) is 0 Å². The van der Waals surface area contributed by atoms with Gasteiger partial charge in [-0.2, -0.15) is 0 Å². The third-order valence-corrected chi connectivity index (χ3v) is 8.78. The normalized spacial score (nSPS) is 12.5. The van der Waals surface area contributed by atoms with Crippen molar-refractivity contribution in [3.05, 3.63) is 61.0 Å². The van der Waals surface area contributed by atoms with Crippen molar-refractivity contribution < 1.29 is 46.7 Å². The van der Waals surface area contributed by atoms with Crippen molar-refractivity contribution in [3.63, 3.8) is 0 Å². The molecule has 0 bridgehead atoms. The molecule has 0 radical (unpaired) electrons. The van der Waals surface area contributed by atoms with Crippen LogP contribution in [0.2, 0.25) is 25.1 Å². The number of ether oxygens (including phenoxy) is 3. The van der Waals surface area contributed by atoms with Crippen molar-refractivity contribution in [2.75, 3.05) is 13.6 Å². The lowest BCUT2D eigenvalue weighted by atomic mass is 9.98. The van der Waals surface area contributed by atoms with Gasteiger partial charge in [-0.3, -0.25) is 9.59 Å². The summed E-state index contributed by atoms with van der Waals surface area (Å²) in [6, 6.07) is 5.89. The van der Waals surface area contributed by atoms with E-state index in [0.717, 1.165) is 6.08 Å².